The maximum Gasteiger partial charge on any atom is 0.325 e. The molecule has 4 amide bonds. The molecule has 0 aromatic carbocycles. The third kappa shape index (κ3) is 3.15. The van der Waals surface area contributed by atoms with Crippen molar-refractivity contribution < 1.29 is 14.4 Å². The highest BCUT2D eigenvalue weighted by molar-refractivity contribution is 7.13. The fourth-order valence-electron chi connectivity index (χ4n) is 4.24. The molecule has 1 aromatic rings. The zero-order valence-corrected chi connectivity index (χ0v) is 14.9. The van der Waals surface area contributed by atoms with Crippen LogP contribution in [0, 0.1) is 11.3 Å². The van der Waals surface area contributed by atoms with Gasteiger partial charge in [0.1, 0.15) is 12.1 Å². The van der Waals surface area contributed by atoms with Gasteiger partial charge >= 0.3 is 6.03 Å². The zero-order valence-electron chi connectivity index (χ0n) is 14.1. The molecule has 1 spiro atoms. The summed E-state index contributed by atoms with van der Waals surface area (Å²) in [5.74, 6) is -0.378. The van der Waals surface area contributed by atoms with Crippen LogP contribution in [0.3, 0.4) is 0 Å². The summed E-state index contributed by atoms with van der Waals surface area (Å²) in [6.07, 6.45) is 3.81. The number of thiazole rings is 1. The molecule has 1 saturated carbocycles. The second-order valence-corrected chi connectivity index (χ2v) is 8.54. The minimum atomic E-state index is -0.875. The van der Waals surface area contributed by atoms with Crippen molar-refractivity contribution in [1.82, 2.24) is 15.2 Å². The third-order valence-corrected chi connectivity index (χ3v) is 5.29. The Morgan fingerprint density at radius 1 is 1.46 bits per heavy atom. The highest BCUT2D eigenvalue weighted by Gasteiger charge is 2.56. The number of carbonyl (C=O) groups excluding carboxylic acids is 3. The molecular formula is C16H22N4O3S. The van der Waals surface area contributed by atoms with Crippen molar-refractivity contribution in [3.05, 3.63) is 11.6 Å². The van der Waals surface area contributed by atoms with Crippen molar-refractivity contribution in [3.63, 3.8) is 0 Å². The molecular weight excluding hydrogens is 328 g/mol. The Kier molecular flexibility index (Phi) is 4.11. The molecule has 2 heterocycles. The summed E-state index contributed by atoms with van der Waals surface area (Å²) in [6.45, 7) is 6.03. The van der Waals surface area contributed by atoms with Gasteiger partial charge in [-0.2, -0.15) is 0 Å². The van der Waals surface area contributed by atoms with Crippen LogP contribution in [0.15, 0.2) is 11.6 Å². The van der Waals surface area contributed by atoms with E-state index in [0.29, 0.717) is 23.9 Å². The number of hydrogen-bond acceptors (Lipinski definition) is 5. The molecule has 8 heteroatoms. The standard InChI is InChI=1S/C16H22N4O3S/c1-10-6-15(2,3)9-16(7-10)12(22)20(14(23)19-16)8-11(21)18-13-17-4-5-24-13/h4-5,10H,6-9H2,1-3H3,(H,19,23)(H,17,18,21)/t10-,16+/m1/s1. The number of nitrogens with one attached hydrogen (secondary N) is 2. The molecule has 2 aliphatic rings. The van der Waals surface area contributed by atoms with E-state index in [-0.39, 0.29) is 17.9 Å². The number of anilines is 1. The predicted molar refractivity (Wildman–Crippen MR) is 90.5 cm³/mol. The van der Waals surface area contributed by atoms with Gasteiger partial charge in [0.15, 0.2) is 5.13 Å². The molecule has 7 nitrogen and oxygen atoms in total. The van der Waals surface area contributed by atoms with Crippen LogP contribution in [-0.4, -0.2) is 39.8 Å². The van der Waals surface area contributed by atoms with Crippen LogP contribution in [0.4, 0.5) is 9.93 Å². The third-order valence-electron chi connectivity index (χ3n) is 4.60. The number of rotatable bonds is 3. The second kappa shape index (κ2) is 5.84. The van der Waals surface area contributed by atoms with Crippen LogP contribution in [0.1, 0.15) is 40.0 Å². The predicted octanol–water partition coefficient (Wildman–Crippen LogP) is 2.22. The highest BCUT2D eigenvalue weighted by atomic mass is 32.1. The van der Waals surface area contributed by atoms with Crippen molar-refractivity contribution in [2.75, 3.05) is 11.9 Å². The Labute approximate surface area is 144 Å². The molecule has 1 aromatic heterocycles. The first-order chi connectivity index (χ1) is 11.2. The van der Waals surface area contributed by atoms with Gasteiger partial charge in [0.25, 0.3) is 5.91 Å². The lowest BCUT2D eigenvalue weighted by Gasteiger charge is -2.43. The number of amides is 4. The van der Waals surface area contributed by atoms with E-state index in [9.17, 15) is 14.4 Å². The van der Waals surface area contributed by atoms with Gasteiger partial charge in [-0.1, -0.05) is 20.8 Å². The average molecular weight is 350 g/mol. The summed E-state index contributed by atoms with van der Waals surface area (Å²) in [5, 5.41) is 7.66. The van der Waals surface area contributed by atoms with E-state index in [0.717, 1.165) is 11.3 Å². The fraction of sp³-hybridized carbons (Fsp3) is 0.625. The zero-order chi connectivity index (χ0) is 17.5. The van der Waals surface area contributed by atoms with Crippen LogP contribution >= 0.6 is 11.3 Å². The lowest BCUT2D eigenvalue weighted by molar-refractivity contribution is -0.136. The van der Waals surface area contributed by atoms with Crippen LogP contribution in [0.2, 0.25) is 0 Å². The summed E-state index contributed by atoms with van der Waals surface area (Å²) in [4.78, 5) is 42.3. The lowest BCUT2D eigenvalue weighted by Crippen LogP contribution is -2.54. The second-order valence-electron chi connectivity index (χ2n) is 7.64. The fourth-order valence-corrected chi connectivity index (χ4v) is 4.78. The minimum absolute atomic E-state index is 0.0280. The Balaban J connectivity index is 1.73. The molecule has 130 valence electrons. The molecule has 3 rings (SSSR count). The largest absolute Gasteiger partial charge is 0.325 e. The van der Waals surface area contributed by atoms with Gasteiger partial charge in [-0.3, -0.25) is 14.5 Å². The molecule has 0 bridgehead atoms. The van der Waals surface area contributed by atoms with Gasteiger partial charge in [-0.25, -0.2) is 9.78 Å². The Bertz CT molecular complexity index is 673. The summed E-state index contributed by atoms with van der Waals surface area (Å²) >= 11 is 1.29. The summed E-state index contributed by atoms with van der Waals surface area (Å²) < 4.78 is 0. The van der Waals surface area contributed by atoms with Gasteiger partial charge in [0.2, 0.25) is 5.91 Å². The van der Waals surface area contributed by atoms with E-state index in [2.05, 4.69) is 36.4 Å². The number of urea groups is 1. The Morgan fingerprint density at radius 3 is 2.83 bits per heavy atom. The molecule has 0 unspecified atom stereocenters. The lowest BCUT2D eigenvalue weighted by atomic mass is 9.64. The van der Waals surface area contributed by atoms with Gasteiger partial charge < -0.3 is 10.6 Å². The number of carbonyl (C=O) groups is 3. The van der Waals surface area contributed by atoms with Gasteiger partial charge in [-0.05, 0) is 30.6 Å². The Morgan fingerprint density at radius 2 is 2.21 bits per heavy atom. The number of hydrogen-bond donors (Lipinski definition) is 2. The maximum atomic E-state index is 12.9. The first-order valence-electron chi connectivity index (χ1n) is 8.04. The van der Waals surface area contributed by atoms with E-state index in [1.54, 1.807) is 11.6 Å². The van der Waals surface area contributed by atoms with Gasteiger partial charge in [0.05, 0.1) is 0 Å². The quantitative estimate of drug-likeness (QED) is 0.818. The van der Waals surface area contributed by atoms with Crippen molar-refractivity contribution >= 4 is 34.3 Å². The number of aromatic nitrogens is 1. The average Bonchev–Trinajstić information content (AvgIpc) is 3.00. The SMILES string of the molecule is C[C@@H]1CC(C)(C)C[C@]2(C1)NC(=O)N(CC(=O)Nc1nccs1)C2=O. The van der Waals surface area contributed by atoms with E-state index >= 15 is 0 Å². The van der Waals surface area contributed by atoms with Crippen LogP contribution in [-0.2, 0) is 9.59 Å². The molecule has 24 heavy (non-hydrogen) atoms. The van der Waals surface area contributed by atoms with Crippen molar-refractivity contribution in [2.24, 2.45) is 11.3 Å². The smallest absolute Gasteiger partial charge is 0.323 e. The summed E-state index contributed by atoms with van der Waals surface area (Å²) in [7, 11) is 0. The monoisotopic (exact) mass is 350 g/mol. The van der Waals surface area contributed by atoms with E-state index in [4.69, 9.17) is 0 Å². The molecule has 1 aliphatic carbocycles. The summed E-state index contributed by atoms with van der Waals surface area (Å²) in [6, 6.07) is -0.487. The molecule has 2 fully saturated rings. The molecule has 2 N–H and O–H groups in total. The summed E-state index contributed by atoms with van der Waals surface area (Å²) in [5.41, 5.74) is -0.903. The van der Waals surface area contributed by atoms with Gasteiger partial charge in [-0.15, -0.1) is 11.3 Å². The highest BCUT2D eigenvalue weighted by Crippen LogP contribution is 2.46. The van der Waals surface area contributed by atoms with E-state index in [1.807, 2.05) is 0 Å². The van der Waals surface area contributed by atoms with Crippen LogP contribution in [0.25, 0.3) is 0 Å². The number of imide groups is 1. The van der Waals surface area contributed by atoms with E-state index in [1.165, 1.54) is 11.3 Å². The van der Waals surface area contributed by atoms with Crippen molar-refractivity contribution in [1.29, 1.82) is 0 Å². The molecule has 2 atom stereocenters. The van der Waals surface area contributed by atoms with Crippen molar-refractivity contribution in [2.45, 2.75) is 45.6 Å². The van der Waals surface area contributed by atoms with Gasteiger partial charge in [0, 0.05) is 11.6 Å². The Hall–Kier alpha value is -1.96. The molecule has 1 aliphatic heterocycles. The first-order valence-corrected chi connectivity index (χ1v) is 8.92. The van der Waals surface area contributed by atoms with Crippen molar-refractivity contribution in [3.8, 4) is 0 Å². The molecule has 1 saturated heterocycles. The minimum Gasteiger partial charge on any atom is -0.323 e. The first kappa shape index (κ1) is 16.9. The van der Waals surface area contributed by atoms with E-state index < -0.39 is 17.5 Å². The molecule has 0 radical (unpaired) electrons. The van der Waals surface area contributed by atoms with Crippen LogP contribution in [0.5, 0.6) is 0 Å². The topological polar surface area (TPSA) is 91.4 Å². The normalized spacial score (nSPS) is 29.0. The van der Waals surface area contributed by atoms with Crippen LogP contribution < -0.4 is 10.6 Å². The maximum absolute atomic E-state index is 12.9. The number of nitrogens with zero attached hydrogens (tertiary/aromatic N) is 2.